The van der Waals surface area contributed by atoms with E-state index in [4.69, 9.17) is 28.3 Å². The van der Waals surface area contributed by atoms with Crippen LogP contribution in [0.15, 0.2) is 12.3 Å². The summed E-state index contributed by atoms with van der Waals surface area (Å²) in [4.78, 5) is 26.7. The molecule has 1 unspecified atom stereocenters. The molecular formula is C12H14Cl2N2O3. The second kappa shape index (κ2) is 7.31. The number of halogens is 2. The minimum absolute atomic E-state index is 0.115. The van der Waals surface area contributed by atoms with Gasteiger partial charge in [0.25, 0.3) is 5.91 Å². The van der Waals surface area contributed by atoms with E-state index in [0.29, 0.717) is 12.8 Å². The first kappa shape index (κ1) is 15.7. The van der Waals surface area contributed by atoms with Gasteiger partial charge in [-0.3, -0.25) is 4.79 Å². The van der Waals surface area contributed by atoms with Crippen LogP contribution in [0.4, 0.5) is 0 Å². The largest absolute Gasteiger partial charge is 0.480 e. The van der Waals surface area contributed by atoms with E-state index in [1.807, 2.05) is 6.92 Å². The van der Waals surface area contributed by atoms with Crippen LogP contribution in [0.2, 0.25) is 10.2 Å². The molecule has 19 heavy (non-hydrogen) atoms. The summed E-state index contributed by atoms with van der Waals surface area (Å²) in [7, 11) is 0. The van der Waals surface area contributed by atoms with Crippen molar-refractivity contribution in [3.8, 4) is 0 Å². The van der Waals surface area contributed by atoms with E-state index in [-0.39, 0.29) is 15.7 Å². The number of nitrogens with one attached hydrogen (secondary N) is 1. The van der Waals surface area contributed by atoms with Crippen LogP contribution < -0.4 is 5.32 Å². The van der Waals surface area contributed by atoms with Gasteiger partial charge >= 0.3 is 5.97 Å². The molecule has 2 N–H and O–H groups in total. The number of aromatic nitrogens is 1. The van der Waals surface area contributed by atoms with E-state index in [1.54, 1.807) is 0 Å². The molecule has 0 spiro atoms. The molecule has 104 valence electrons. The number of carboxylic acid groups (broad SMARTS) is 1. The normalized spacial score (nSPS) is 11.9. The fourth-order valence-corrected chi connectivity index (χ4v) is 1.84. The molecule has 0 saturated carbocycles. The lowest BCUT2D eigenvalue weighted by atomic mass is 10.1. The molecule has 1 aromatic heterocycles. The molecule has 7 heteroatoms. The van der Waals surface area contributed by atoms with E-state index in [1.165, 1.54) is 12.3 Å². The van der Waals surface area contributed by atoms with E-state index in [0.717, 1.165) is 6.42 Å². The fraction of sp³-hybridized carbons (Fsp3) is 0.417. The molecule has 1 rings (SSSR count). The van der Waals surface area contributed by atoms with Crippen molar-refractivity contribution in [1.82, 2.24) is 10.3 Å². The van der Waals surface area contributed by atoms with Gasteiger partial charge in [-0.2, -0.15) is 0 Å². The second-order valence-electron chi connectivity index (χ2n) is 3.99. The third-order valence-corrected chi connectivity index (χ3v) is 3.02. The van der Waals surface area contributed by atoms with Gasteiger partial charge in [-0.05, 0) is 12.5 Å². The average molecular weight is 305 g/mol. The van der Waals surface area contributed by atoms with Crippen molar-refractivity contribution < 1.29 is 14.7 Å². The molecule has 0 aliphatic rings. The molecule has 0 radical (unpaired) electrons. The zero-order chi connectivity index (χ0) is 14.4. The monoisotopic (exact) mass is 304 g/mol. The molecular weight excluding hydrogens is 291 g/mol. The van der Waals surface area contributed by atoms with Crippen LogP contribution in [0.25, 0.3) is 0 Å². The number of amides is 1. The number of aliphatic carboxylic acids is 1. The first-order chi connectivity index (χ1) is 8.95. The SMILES string of the molecule is CCCCC(NC(=O)c1cc(Cl)ncc1Cl)C(=O)O. The van der Waals surface area contributed by atoms with Gasteiger partial charge < -0.3 is 10.4 Å². The smallest absolute Gasteiger partial charge is 0.326 e. The topological polar surface area (TPSA) is 79.3 Å². The van der Waals surface area contributed by atoms with Crippen molar-refractivity contribution in [2.45, 2.75) is 32.2 Å². The van der Waals surface area contributed by atoms with E-state index >= 15 is 0 Å². The lowest BCUT2D eigenvalue weighted by molar-refractivity contribution is -0.139. The van der Waals surface area contributed by atoms with Gasteiger partial charge in [-0.15, -0.1) is 0 Å². The summed E-state index contributed by atoms with van der Waals surface area (Å²) in [5.41, 5.74) is 0.115. The number of hydrogen-bond donors (Lipinski definition) is 2. The van der Waals surface area contributed by atoms with Crippen LogP contribution in [-0.2, 0) is 4.79 Å². The molecule has 1 heterocycles. The molecule has 0 aliphatic carbocycles. The Morgan fingerprint density at radius 3 is 2.74 bits per heavy atom. The first-order valence-electron chi connectivity index (χ1n) is 5.80. The van der Waals surface area contributed by atoms with E-state index < -0.39 is 17.9 Å². The Morgan fingerprint density at radius 2 is 2.16 bits per heavy atom. The van der Waals surface area contributed by atoms with Gasteiger partial charge in [0, 0.05) is 6.20 Å². The maximum absolute atomic E-state index is 12.0. The Labute approximate surface area is 120 Å². The highest BCUT2D eigenvalue weighted by molar-refractivity contribution is 6.35. The van der Waals surface area contributed by atoms with Crippen molar-refractivity contribution in [2.24, 2.45) is 0 Å². The molecule has 0 saturated heterocycles. The lowest BCUT2D eigenvalue weighted by Crippen LogP contribution is -2.40. The number of hydrogen-bond acceptors (Lipinski definition) is 3. The standard InChI is InChI=1S/C12H14Cl2N2O3/c1-2-3-4-9(12(18)19)16-11(17)7-5-10(14)15-6-8(7)13/h5-6,9H,2-4H2,1H3,(H,16,17)(H,18,19). The number of unbranched alkanes of at least 4 members (excludes halogenated alkanes) is 1. The van der Waals surface area contributed by atoms with Gasteiger partial charge in [-0.25, -0.2) is 9.78 Å². The van der Waals surface area contributed by atoms with Crippen LogP contribution in [0, 0.1) is 0 Å². The van der Waals surface area contributed by atoms with Crippen molar-refractivity contribution in [1.29, 1.82) is 0 Å². The van der Waals surface area contributed by atoms with Crippen LogP contribution in [0.3, 0.4) is 0 Å². The van der Waals surface area contributed by atoms with Gasteiger partial charge in [0.1, 0.15) is 11.2 Å². The average Bonchev–Trinajstić information content (AvgIpc) is 2.36. The van der Waals surface area contributed by atoms with Gasteiger partial charge in [0.2, 0.25) is 0 Å². The number of pyridine rings is 1. The molecule has 1 atom stereocenters. The third-order valence-electron chi connectivity index (χ3n) is 2.52. The highest BCUT2D eigenvalue weighted by atomic mass is 35.5. The minimum Gasteiger partial charge on any atom is -0.480 e. The van der Waals surface area contributed by atoms with Crippen LogP contribution in [0.5, 0.6) is 0 Å². The Bertz CT molecular complexity index is 480. The first-order valence-corrected chi connectivity index (χ1v) is 6.56. The zero-order valence-electron chi connectivity index (χ0n) is 10.3. The highest BCUT2D eigenvalue weighted by Gasteiger charge is 2.21. The highest BCUT2D eigenvalue weighted by Crippen LogP contribution is 2.18. The molecule has 0 fully saturated rings. The van der Waals surface area contributed by atoms with Crippen molar-refractivity contribution in [3.05, 3.63) is 28.0 Å². The van der Waals surface area contributed by atoms with Crippen LogP contribution >= 0.6 is 23.2 Å². The third kappa shape index (κ3) is 4.69. The second-order valence-corrected chi connectivity index (χ2v) is 4.79. The molecule has 0 aromatic carbocycles. The summed E-state index contributed by atoms with van der Waals surface area (Å²) in [6, 6.07) is 0.369. The van der Waals surface area contributed by atoms with Crippen LogP contribution in [-0.4, -0.2) is 28.0 Å². The van der Waals surface area contributed by atoms with Gasteiger partial charge in [0.05, 0.1) is 10.6 Å². The maximum Gasteiger partial charge on any atom is 0.326 e. The summed E-state index contributed by atoms with van der Waals surface area (Å²) in [6.45, 7) is 1.94. The van der Waals surface area contributed by atoms with Gasteiger partial charge in [-0.1, -0.05) is 43.0 Å². The summed E-state index contributed by atoms with van der Waals surface area (Å²) in [5.74, 6) is -1.64. The number of rotatable bonds is 6. The quantitative estimate of drug-likeness (QED) is 0.792. The number of nitrogens with zero attached hydrogens (tertiary/aromatic N) is 1. The Balaban J connectivity index is 2.81. The van der Waals surface area contributed by atoms with Crippen LogP contribution in [0.1, 0.15) is 36.5 Å². The summed E-state index contributed by atoms with van der Waals surface area (Å²) in [5, 5.41) is 11.7. The van der Waals surface area contributed by atoms with Crippen molar-refractivity contribution in [3.63, 3.8) is 0 Å². The Hall–Kier alpha value is -1.33. The predicted molar refractivity (Wildman–Crippen MR) is 72.7 cm³/mol. The molecule has 1 aromatic rings. The number of carboxylic acids is 1. The maximum atomic E-state index is 12.0. The Kier molecular flexibility index (Phi) is 6.05. The summed E-state index contributed by atoms with van der Waals surface area (Å²) >= 11 is 11.5. The predicted octanol–water partition coefficient (Wildman–Crippen LogP) is 2.76. The summed E-state index contributed by atoms with van der Waals surface area (Å²) in [6.07, 6.45) is 3.18. The molecule has 5 nitrogen and oxygen atoms in total. The molecule has 1 amide bonds. The molecule has 0 bridgehead atoms. The lowest BCUT2D eigenvalue weighted by Gasteiger charge is -2.14. The van der Waals surface area contributed by atoms with Gasteiger partial charge in [0.15, 0.2) is 0 Å². The Morgan fingerprint density at radius 1 is 1.47 bits per heavy atom. The van der Waals surface area contributed by atoms with E-state index in [9.17, 15) is 9.59 Å². The number of carbonyl (C=O) groups is 2. The fourth-order valence-electron chi connectivity index (χ4n) is 1.49. The molecule has 0 aliphatic heterocycles. The zero-order valence-corrected chi connectivity index (χ0v) is 11.8. The van der Waals surface area contributed by atoms with E-state index in [2.05, 4.69) is 10.3 Å². The summed E-state index contributed by atoms with van der Waals surface area (Å²) < 4.78 is 0. The minimum atomic E-state index is -1.07. The van der Waals surface area contributed by atoms with Crippen molar-refractivity contribution in [2.75, 3.05) is 0 Å². The number of carbonyl (C=O) groups excluding carboxylic acids is 1. The van der Waals surface area contributed by atoms with Crippen molar-refractivity contribution >= 4 is 35.1 Å².